The smallest absolute Gasteiger partial charge is 0.282 e. The van der Waals surface area contributed by atoms with Gasteiger partial charge < -0.3 is 5.32 Å². The van der Waals surface area contributed by atoms with Crippen molar-refractivity contribution in [1.29, 1.82) is 0 Å². The fourth-order valence-corrected chi connectivity index (χ4v) is 4.13. The zero-order valence-corrected chi connectivity index (χ0v) is 20.2. The molecule has 2 amide bonds. The molecule has 0 atom stereocenters. The number of nitrogens with one attached hydrogen (secondary N) is 1. The van der Waals surface area contributed by atoms with Crippen LogP contribution in [0.3, 0.4) is 0 Å². The number of hydrogen-bond acceptors (Lipinski definition) is 3. The SMILES string of the molecule is Cc1ccc(N2C(=O)C(Nc3ccc(C(C)(C)C)cc3)=C(c3ccc(Cl)cc3)C2=O)c(C)c1. The predicted molar refractivity (Wildman–Crippen MR) is 136 cm³/mol. The summed E-state index contributed by atoms with van der Waals surface area (Å²) in [7, 11) is 0. The van der Waals surface area contributed by atoms with Gasteiger partial charge in [-0.15, -0.1) is 0 Å². The van der Waals surface area contributed by atoms with Gasteiger partial charge in [-0.25, -0.2) is 4.90 Å². The molecule has 5 heteroatoms. The Labute approximate surface area is 199 Å². The Morgan fingerprint density at radius 3 is 2.03 bits per heavy atom. The molecule has 0 saturated heterocycles. The van der Waals surface area contributed by atoms with Crippen LogP contribution in [0.1, 0.15) is 43.0 Å². The van der Waals surface area contributed by atoms with Crippen LogP contribution >= 0.6 is 11.6 Å². The van der Waals surface area contributed by atoms with Crippen molar-refractivity contribution < 1.29 is 9.59 Å². The predicted octanol–water partition coefficient (Wildman–Crippen LogP) is 6.65. The highest BCUT2D eigenvalue weighted by atomic mass is 35.5. The minimum Gasteiger partial charge on any atom is -0.350 e. The molecule has 0 aromatic heterocycles. The third kappa shape index (κ3) is 4.44. The van der Waals surface area contributed by atoms with E-state index in [4.69, 9.17) is 11.6 Å². The summed E-state index contributed by atoms with van der Waals surface area (Å²) < 4.78 is 0. The minimum absolute atomic E-state index is 0.0190. The standard InChI is InChI=1S/C28H27ClN2O2/c1-17-6-15-23(18(2)16-17)31-26(32)24(19-7-11-21(29)12-8-19)25(27(31)33)30-22-13-9-20(10-14-22)28(3,4)5/h6-16,30H,1-5H3. The molecule has 1 N–H and O–H groups in total. The van der Waals surface area contributed by atoms with Crippen molar-refractivity contribution in [3.8, 4) is 0 Å². The van der Waals surface area contributed by atoms with Crippen LogP contribution in [0.5, 0.6) is 0 Å². The maximum absolute atomic E-state index is 13.6. The van der Waals surface area contributed by atoms with Gasteiger partial charge in [0, 0.05) is 10.7 Å². The Balaban J connectivity index is 1.79. The van der Waals surface area contributed by atoms with Gasteiger partial charge in [-0.1, -0.05) is 74.3 Å². The minimum atomic E-state index is -0.378. The number of imide groups is 1. The van der Waals surface area contributed by atoms with Gasteiger partial charge in [-0.05, 0) is 66.3 Å². The summed E-state index contributed by atoms with van der Waals surface area (Å²) in [6.07, 6.45) is 0. The lowest BCUT2D eigenvalue weighted by molar-refractivity contribution is -0.120. The van der Waals surface area contributed by atoms with E-state index < -0.39 is 0 Å². The van der Waals surface area contributed by atoms with Crippen LogP contribution in [0.25, 0.3) is 5.57 Å². The maximum Gasteiger partial charge on any atom is 0.282 e. The molecule has 4 nitrogen and oxygen atoms in total. The summed E-state index contributed by atoms with van der Waals surface area (Å²) in [5.41, 5.74) is 5.69. The molecule has 168 valence electrons. The van der Waals surface area contributed by atoms with E-state index in [-0.39, 0.29) is 22.9 Å². The number of aryl methyl sites for hydroxylation is 2. The summed E-state index contributed by atoms with van der Waals surface area (Å²) in [4.78, 5) is 28.4. The average Bonchev–Trinajstić information content (AvgIpc) is 2.98. The number of carbonyl (C=O) groups is 2. The zero-order chi connectivity index (χ0) is 23.9. The first-order valence-electron chi connectivity index (χ1n) is 10.9. The quantitative estimate of drug-likeness (QED) is 0.445. The van der Waals surface area contributed by atoms with Crippen molar-refractivity contribution in [2.45, 2.75) is 40.0 Å². The molecule has 0 fully saturated rings. The van der Waals surface area contributed by atoms with Crippen LogP contribution < -0.4 is 10.2 Å². The molecule has 0 aliphatic carbocycles. The number of rotatable bonds is 4. The van der Waals surface area contributed by atoms with E-state index in [0.717, 1.165) is 16.8 Å². The first-order chi connectivity index (χ1) is 15.6. The van der Waals surface area contributed by atoms with E-state index in [0.29, 0.717) is 21.8 Å². The van der Waals surface area contributed by atoms with Crippen molar-refractivity contribution in [2.24, 2.45) is 0 Å². The highest BCUT2D eigenvalue weighted by molar-refractivity contribution is 6.46. The molecule has 0 radical (unpaired) electrons. The lowest BCUT2D eigenvalue weighted by Crippen LogP contribution is -2.33. The summed E-state index contributed by atoms with van der Waals surface area (Å²) in [5, 5.41) is 3.79. The van der Waals surface area contributed by atoms with Crippen LogP contribution in [0.4, 0.5) is 11.4 Å². The lowest BCUT2D eigenvalue weighted by Gasteiger charge is -2.20. The van der Waals surface area contributed by atoms with Crippen LogP contribution in [0, 0.1) is 13.8 Å². The Hall–Kier alpha value is -3.37. The second-order valence-corrected chi connectivity index (χ2v) is 9.88. The number of halogens is 1. The molecule has 0 saturated carbocycles. The fourth-order valence-electron chi connectivity index (χ4n) is 4.00. The molecule has 3 aromatic carbocycles. The van der Waals surface area contributed by atoms with E-state index in [9.17, 15) is 9.59 Å². The Bertz CT molecular complexity index is 1270. The third-order valence-electron chi connectivity index (χ3n) is 5.83. The van der Waals surface area contributed by atoms with Crippen molar-refractivity contribution in [3.63, 3.8) is 0 Å². The van der Waals surface area contributed by atoms with E-state index in [1.165, 1.54) is 10.5 Å². The Morgan fingerprint density at radius 2 is 1.45 bits per heavy atom. The van der Waals surface area contributed by atoms with Gasteiger partial charge in [0.25, 0.3) is 11.8 Å². The van der Waals surface area contributed by atoms with Gasteiger partial charge in [0.2, 0.25) is 0 Å². The molecule has 33 heavy (non-hydrogen) atoms. The number of anilines is 2. The van der Waals surface area contributed by atoms with Crippen LogP contribution in [-0.4, -0.2) is 11.8 Å². The number of benzene rings is 3. The molecule has 3 aromatic rings. The summed E-state index contributed by atoms with van der Waals surface area (Å²) in [5.74, 6) is -0.736. The number of amides is 2. The van der Waals surface area contributed by atoms with Crippen molar-refractivity contribution >= 4 is 40.4 Å². The number of nitrogens with zero attached hydrogens (tertiary/aromatic N) is 1. The molecule has 4 rings (SSSR count). The van der Waals surface area contributed by atoms with Crippen LogP contribution in [0.2, 0.25) is 5.02 Å². The van der Waals surface area contributed by atoms with E-state index in [1.54, 1.807) is 24.3 Å². The highest BCUT2D eigenvalue weighted by Crippen LogP contribution is 2.36. The zero-order valence-electron chi connectivity index (χ0n) is 19.5. The second kappa shape index (κ2) is 8.53. The monoisotopic (exact) mass is 458 g/mol. The largest absolute Gasteiger partial charge is 0.350 e. The summed E-state index contributed by atoms with van der Waals surface area (Å²) in [6.45, 7) is 10.3. The van der Waals surface area contributed by atoms with Gasteiger partial charge in [0.05, 0.1) is 11.3 Å². The van der Waals surface area contributed by atoms with Gasteiger partial charge in [0.15, 0.2) is 0 Å². The molecule has 0 spiro atoms. The van der Waals surface area contributed by atoms with Crippen molar-refractivity contribution in [2.75, 3.05) is 10.2 Å². The maximum atomic E-state index is 13.6. The number of carbonyl (C=O) groups excluding carboxylic acids is 2. The molecule has 1 heterocycles. The van der Waals surface area contributed by atoms with Crippen LogP contribution in [-0.2, 0) is 15.0 Å². The molecule has 1 aliphatic rings. The second-order valence-electron chi connectivity index (χ2n) is 9.44. The van der Waals surface area contributed by atoms with E-state index in [1.807, 2.05) is 56.3 Å². The third-order valence-corrected chi connectivity index (χ3v) is 6.08. The molecular formula is C28H27ClN2O2. The van der Waals surface area contributed by atoms with Gasteiger partial charge in [-0.2, -0.15) is 0 Å². The Kier molecular flexibility index (Phi) is 5.89. The molecule has 1 aliphatic heterocycles. The van der Waals surface area contributed by atoms with Gasteiger partial charge in [-0.3, -0.25) is 9.59 Å². The topological polar surface area (TPSA) is 49.4 Å². The van der Waals surface area contributed by atoms with Gasteiger partial charge >= 0.3 is 0 Å². The molecule has 0 unspecified atom stereocenters. The average molecular weight is 459 g/mol. The number of hydrogen-bond donors (Lipinski definition) is 1. The lowest BCUT2D eigenvalue weighted by atomic mass is 9.87. The van der Waals surface area contributed by atoms with E-state index in [2.05, 4.69) is 26.1 Å². The first-order valence-corrected chi connectivity index (χ1v) is 11.3. The normalized spacial score (nSPS) is 14.3. The van der Waals surface area contributed by atoms with Crippen LogP contribution in [0.15, 0.2) is 72.4 Å². The first kappa shape index (κ1) is 22.8. The fraction of sp³-hybridized carbons (Fsp3) is 0.214. The van der Waals surface area contributed by atoms with Crippen molar-refractivity contribution in [3.05, 3.63) is 99.7 Å². The Morgan fingerprint density at radius 1 is 0.818 bits per heavy atom. The van der Waals surface area contributed by atoms with Crippen molar-refractivity contribution in [1.82, 2.24) is 0 Å². The van der Waals surface area contributed by atoms with E-state index >= 15 is 0 Å². The van der Waals surface area contributed by atoms with Gasteiger partial charge in [0.1, 0.15) is 5.70 Å². The highest BCUT2D eigenvalue weighted by Gasteiger charge is 2.40. The molecular weight excluding hydrogens is 432 g/mol. The summed E-state index contributed by atoms with van der Waals surface area (Å²) in [6, 6.07) is 20.6. The molecule has 0 bridgehead atoms. The summed E-state index contributed by atoms with van der Waals surface area (Å²) >= 11 is 6.07.